The Hall–Kier alpha value is -2.51. The summed E-state index contributed by atoms with van der Waals surface area (Å²) in [6.45, 7) is 2.35. The van der Waals surface area contributed by atoms with Gasteiger partial charge in [0.05, 0.1) is 17.6 Å². The molecular weight excluding hydrogens is 413 g/mol. The van der Waals surface area contributed by atoms with Gasteiger partial charge in [-0.3, -0.25) is 4.79 Å². The van der Waals surface area contributed by atoms with Gasteiger partial charge in [-0.1, -0.05) is 35.5 Å². The normalized spacial score (nSPS) is 14.3. The van der Waals surface area contributed by atoms with Crippen LogP contribution in [0.1, 0.15) is 0 Å². The largest absolute Gasteiger partial charge is 0.431 e. The molecule has 1 aromatic heterocycles. The Labute approximate surface area is 177 Å². The van der Waals surface area contributed by atoms with E-state index in [1.165, 1.54) is 17.8 Å². The summed E-state index contributed by atoms with van der Waals surface area (Å²) < 4.78 is 19.7. The second-order valence-electron chi connectivity index (χ2n) is 6.61. The van der Waals surface area contributed by atoms with E-state index in [0.29, 0.717) is 47.9 Å². The fourth-order valence-corrected chi connectivity index (χ4v) is 4.02. The molecule has 2 aromatic carbocycles. The number of carbonyl (C=O) groups is 1. The zero-order valence-electron chi connectivity index (χ0n) is 15.6. The van der Waals surface area contributed by atoms with Crippen LogP contribution in [0.4, 0.5) is 10.1 Å². The number of piperazine rings is 1. The monoisotopic (exact) mass is 431 g/mol. The number of amides is 1. The fraction of sp³-hybridized carbons (Fsp3) is 0.238. The second-order valence-corrected chi connectivity index (χ2v) is 7.97. The molecule has 0 spiro atoms. The van der Waals surface area contributed by atoms with Crippen molar-refractivity contribution in [3.8, 4) is 11.3 Å². The molecule has 0 bridgehead atoms. The van der Waals surface area contributed by atoms with Crippen LogP contribution in [0.2, 0.25) is 5.02 Å². The summed E-state index contributed by atoms with van der Waals surface area (Å²) in [5.41, 5.74) is 1.47. The molecule has 0 atom stereocenters. The highest BCUT2D eigenvalue weighted by Gasteiger charge is 2.23. The van der Waals surface area contributed by atoms with Crippen molar-refractivity contribution < 1.29 is 13.6 Å². The van der Waals surface area contributed by atoms with Crippen molar-refractivity contribution >= 4 is 35.0 Å². The molecule has 0 saturated carbocycles. The van der Waals surface area contributed by atoms with Crippen molar-refractivity contribution in [2.75, 3.05) is 36.8 Å². The fourth-order valence-electron chi connectivity index (χ4n) is 3.19. The van der Waals surface area contributed by atoms with Crippen LogP contribution in [-0.4, -0.2) is 47.7 Å². The van der Waals surface area contributed by atoms with Crippen molar-refractivity contribution in [1.82, 2.24) is 9.88 Å². The Morgan fingerprint density at radius 2 is 1.83 bits per heavy atom. The van der Waals surface area contributed by atoms with E-state index in [2.05, 4.69) is 4.98 Å². The number of aromatic nitrogens is 1. The first-order chi connectivity index (χ1) is 14.1. The van der Waals surface area contributed by atoms with E-state index in [0.717, 1.165) is 5.56 Å². The quantitative estimate of drug-likeness (QED) is 0.553. The maximum absolute atomic E-state index is 13.9. The average molecular weight is 432 g/mol. The minimum absolute atomic E-state index is 0.0226. The minimum Gasteiger partial charge on any atom is -0.431 e. The Morgan fingerprint density at radius 3 is 2.55 bits per heavy atom. The molecule has 2 heterocycles. The number of benzene rings is 2. The van der Waals surface area contributed by atoms with E-state index in [1.807, 2.05) is 23.1 Å². The van der Waals surface area contributed by atoms with Crippen molar-refractivity contribution in [3.63, 3.8) is 0 Å². The number of halogens is 2. The lowest BCUT2D eigenvalue weighted by Crippen LogP contribution is -2.49. The van der Waals surface area contributed by atoms with Gasteiger partial charge in [0.1, 0.15) is 5.82 Å². The second kappa shape index (κ2) is 8.88. The lowest BCUT2D eigenvalue weighted by atomic mass is 10.2. The number of carbonyl (C=O) groups excluding carboxylic acids is 1. The van der Waals surface area contributed by atoms with Crippen LogP contribution in [0, 0.1) is 5.82 Å². The smallest absolute Gasteiger partial charge is 0.256 e. The van der Waals surface area contributed by atoms with Crippen LogP contribution < -0.4 is 4.90 Å². The molecule has 1 aliphatic rings. The van der Waals surface area contributed by atoms with Crippen LogP contribution in [0.25, 0.3) is 11.3 Å². The maximum Gasteiger partial charge on any atom is 0.256 e. The molecule has 1 aliphatic heterocycles. The molecule has 8 heteroatoms. The van der Waals surface area contributed by atoms with Crippen LogP contribution in [-0.2, 0) is 4.79 Å². The predicted molar refractivity (Wildman–Crippen MR) is 113 cm³/mol. The van der Waals surface area contributed by atoms with Gasteiger partial charge in [-0.25, -0.2) is 9.37 Å². The third-order valence-corrected chi connectivity index (χ3v) is 5.84. The highest BCUT2D eigenvalue weighted by Crippen LogP contribution is 2.27. The number of anilines is 1. The average Bonchev–Trinajstić information content (AvgIpc) is 3.22. The Bertz CT molecular complexity index is 988. The highest BCUT2D eigenvalue weighted by molar-refractivity contribution is 7.99. The molecule has 150 valence electrons. The highest BCUT2D eigenvalue weighted by atomic mass is 35.5. The molecule has 0 aliphatic carbocycles. The first-order valence-corrected chi connectivity index (χ1v) is 10.6. The summed E-state index contributed by atoms with van der Waals surface area (Å²) in [7, 11) is 0. The lowest BCUT2D eigenvalue weighted by Gasteiger charge is -2.36. The third kappa shape index (κ3) is 4.74. The van der Waals surface area contributed by atoms with E-state index in [4.69, 9.17) is 16.0 Å². The number of rotatable bonds is 5. The standard InChI is InChI=1S/C21H19ClFN3O2S/c22-16-7-5-15(6-8-16)19-13-24-21(28-19)29-14-20(27)26-11-9-25(10-12-26)18-4-2-1-3-17(18)23/h1-8,13H,9-12,14H2. The van der Waals surface area contributed by atoms with Gasteiger partial charge in [0, 0.05) is 36.8 Å². The van der Waals surface area contributed by atoms with Crippen LogP contribution in [0.5, 0.6) is 0 Å². The van der Waals surface area contributed by atoms with Crippen molar-refractivity contribution in [2.24, 2.45) is 0 Å². The van der Waals surface area contributed by atoms with Crippen molar-refractivity contribution in [3.05, 3.63) is 65.6 Å². The zero-order chi connectivity index (χ0) is 20.2. The first-order valence-electron chi connectivity index (χ1n) is 9.22. The molecule has 1 amide bonds. The summed E-state index contributed by atoms with van der Waals surface area (Å²) in [6.07, 6.45) is 1.64. The molecule has 0 unspecified atom stereocenters. The molecular formula is C21H19ClFN3O2S. The number of thioether (sulfide) groups is 1. The molecule has 5 nitrogen and oxygen atoms in total. The predicted octanol–water partition coefficient (Wildman–Crippen LogP) is 4.58. The van der Waals surface area contributed by atoms with Gasteiger partial charge in [-0.2, -0.15) is 0 Å². The minimum atomic E-state index is -0.233. The number of hydrogen-bond acceptors (Lipinski definition) is 5. The van der Waals surface area contributed by atoms with Gasteiger partial charge in [0.2, 0.25) is 5.91 Å². The van der Waals surface area contributed by atoms with E-state index in [-0.39, 0.29) is 17.5 Å². The molecule has 0 radical (unpaired) electrons. The summed E-state index contributed by atoms with van der Waals surface area (Å²) in [5.74, 6) is 0.674. The van der Waals surface area contributed by atoms with E-state index >= 15 is 0 Å². The number of nitrogens with zero attached hydrogens (tertiary/aromatic N) is 3. The maximum atomic E-state index is 13.9. The van der Waals surface area contributed by atoms with E-state index in [9.17, 15) is 9.18 Å². The molecule has 29 heavy (non-hydrogen) atoms. The molecule has 1 saturated heterocycles. The van der Waals surface area contributed by atoms with Crippen LogP contribution >= 0.6 is 23.4 Å². The number of oxazole rings is 1. The summed E-state index contributed by atoms with van der Waals surface area (Å²) in [6, 6.07) is 14.0. The van der Waals surface area contributed by atoms with Crippen molar-refractivity contribution in [1.29, 1.82) is 0 Å². The Morgan fingerprint density at radius 1 is 1.10 bits per heavy atom. The molecule has 4 rings (SSSR count). The van der Waals surface area contributed by atoms with Crippen LogP contribution in [0.3, 0.4) is 0 Å². The van der Waals surface area contributed by atoms with E-state index in [1.54, 1.807) is 35.4 Å². The summed E-state index contributed by atoms with van der Waals surface area (Å²) >= 11 is 7.17. The SMILES string of the molecule is O=C(CSc1ncc(-c2ccc(Cl)cc2)o1)N1CCN(c2ccccc2F)CC1. The van der Waals surface area contributed by atoms with Gasteiger partial charge in [0.25, 0.3) is 5.22 Å². The van der Waals surface area contributed by atoms with Gasteiger partial charge in [0.15, 0.2) is 5.76 Å². The lowest BCUT2D eigenvalue weighted by molar-refractivity contribution is -0.128. The molecule has 3 aromatic rings. The van der Waals surface area contributed by atoms with Crippen LogP contribution in [0.15, 0.2) is 64.4 Å². The number of hydrogen-bond donors (Lipinski definition) is 0. The summed E-state index contributed by atoms with van der Waals surface area (Å²) in [5, 5.41) is 1.11. The topological polar surface area (TPSA) is 49.6 Å². The third-order valence-electron chi connectivity index (χ3n) is 4.76. The van der Waals surface area contributed by atoms with Gasteiger partial charge in [-0.05, 0) is 36.4 Å². The first kappa shape index (κ1) is 19.8. The van der Waals surface area contributed by atoms with Gasteiger partial charge < -0.3 is 14.2 Å². The summed E-state index contributed by atoms with van der Waals surface area (Å²) in [4.78, 5) is 20.5. The molecule has 0 N–H and O–H groups in total. The Kier molecular flexibility index (Phi) is 6.06. The van der Waals surface area contributed by atoms with E-state index < -0.39 is 0 Å². The van der Waals surface area contributed by atoms with Gasteiger partial charge in [-0.15, -0.1) is 0 Å². The molecule has 1 fully saturated rings. The zero-order valence-corrected chi connectivity index (χ0v) is 17.1. The van der Waals surface area contributed by atoms with Crippen molar-refractivity contribution in [2.45, 2.75) is 5.22 Å². The Balaban J connectivity index is 1.29. The van der Waals surface area contributed by atoms with Gasteiger partial charge >= 0.3 is 0 Å². The number of para-hydroxylation sites is 1.